The van der Waals surface area contributed by atoms with E-state index in [4.69, 9.17) is 0 Å². The van der Waals surface area contributed by atoms with E-state index in [1.54, 1.807) is 19.1 Å². The van der Waals surface area contributed by atoms with Crippen LogP contribution in [0.4, 0.5) is 4.39 Å². The number of nitrogens with zero attached hydrogens (tertiary/aromatic N) is 2. The third kappa shape index (κ3) is 9.63. The molecular formula is C39H43FIrN2Si-2. The van der Waals surface area contributed by atoms with Crippen LogP contribution in [-0.4, -0.2) is 18.0 Å². The number of rotatable bonds is 6. The third-order valence-electron chi connectivity index (χ3n) is 7.35. The van der Waals surface area contributed by atoms with Gasteiger partial charge in [0.1, 0.15) is 0 Å². The van der Waals surface area contributed by atoms with Gasteiger partial charge in [-0.3, -0.25) is 4.39 Å². The number of hydrogen-bond donors (Lipinski definition) is 0. The van der Waals surface area contributed by atoms with E-state index in [2.05, 4.69) is 118 Å². The number of halogens is 1. The van der Waals surface area contributed by atoms with Crippen molar-refractivity contribution >= 4 is 13.3 Å². The second-order valence-electron chi connectivity index (χ2n) is 13.5. The molecule has 2 nitrogen and oxygen atoms in total. The second kappa shape index (κ2) is 15.2. The van der Waals surface area contributed by atoms with Gasteiger partial charge in [0.2, 0.25) is 0 Å². The Morgan fingerprint density at radius 2 is 1.50 bits per heavy atom. The fraction of sp³-hybridized carbons (Fsp3) is 0.282. The van der Waals surface area contributed by atoms with Crippen LogP contribution in [0, 0.1) is 37.2 Å². The van der Waals surface area contributed by atoms with Crippen LogP contribution >= 0.6 is 0 Å². The van der Waals surface area contributed by atoms with Gasteiger partial charge in [0.15, 0.2) is 0 Å². The SMILES string of the molecule is Cc1c[c-]c(-c2ccccn2)cc1Cc1ccccc1.Cc1cc[c-]c(-c2cc(CC(C)(C)C)c([Si](C)(C)C)cn2)c1F.[Ir]. The van der Waals surface area contributed by atoms with E-state index in [1.807, 2.05) is 30.6 Å². The molecule has 2 aromatic heterocycles. The van der Waals surface area contributed by atoms with Gasteiger partial charge in [-0.1, -0.05) is 119 Å². The molecule has 5 aromatic rings. The van der Waals surface area contributed by atoms with Crippen LogP contribution in [0.15, 0.2) is 91.3 Å². The molecule has 0 spiro atoms. The molecule has 0 atom stereocenters. The number of pyridine rings is 2. The van der Waals surface area contributed by atoms with E-state index in [-0.39, 0.29) is 31.3 Å². The van der Waals surface area contributed by atoms with Crippen molar-refractivity contribution in [1.29, 1.82) is 0 Å². The zero-order valence-electron chi connectivity index (χ0n) is 27.2. The molecular weight excluding hydrogens is 736 g/mol. The Labute approximate surface area is 278 Å². The Kier molecular flexibility index (Phi) is 12.1. The van der Waals surface area contributed by atoms with Crippen LogP contribution in [0.25, 0.3) is 22.5 Å². The summed E-state index contributed by atoms with van der Waals surface area (Å²) in [6.07, 6.45) is 5.70. The van der Waals surface area contributed by atoms with Crippen molar-refractivity contribution in [3.63, 3.8) is 0 Å². The number of benzene rings is 3. The quantitative estimate of drug-likeness (QED) is 0.127. The minimum atomic E-state index is -1.49. The number of aromatic nitrogens is 2. The molecule has 3 aromatic carbocycles. The van der Waals surface area contributed by atoms with Crippen LogP contribution in [0.5, 0.6) is 0 Å². The molecule has 0 amide bonds. The minimum absolute atomic E-state index is 0. The van der Waals surface area contributed by atoms with Gasteiger partial charge >= 0.3 is 0 Å². The Morgan fingerprint density at radius 1 is 0.795 bits per heavy atom. The fourth-order valence-corrected chi connectivity index (χ4v) is 6.66. The van der Waals surface area contributed by atoms with Crippen molar-refractivity contribution in [3.8, 4) is 22.5 Å². The topological polar surface area (TPSA) is 25.8 Å². The molecule has 0 saturated heterocycles. The third-order valence-corrected chi connectivity index (χ3v) is 9.42. The largest absolute Gasteiger partial charge is 0.305 e. The molecule has 44 heavy (non-hydrogen) atoms. The molecule has 0 fully saturated rings. The molecule has 2 heterocycles. The predicted molar refractivity (Wildman–Crippen MR) is 182 cm³/mol. The second-order valence-corrected chi connectivity index (χ2v) is 18.5. The van der Waals surface area contributed by atoms with E-state index in [1.165, 1.54) is 27.4 Å². The maximum atomic E-state index is 14.4. The average molecular weight is 779 g/mol. The summed E-state index contributed by atoms with van der Waals surface area (Å²) in [7, 11) is -1.49. The van der Waals surface area contributed by atoms with Crippen molar-refractivity contribution in [1.82, 2.24) is 9.97 Å². The van der Waals surface area contributed by atoms with Crippen LogP contribution in [-0.2, 0) is 32.9 Å². The molecule has 0 aliphatic carbocycles. The van der Waals surface area contributed by atoms with Crippen LogP contribution in [0.3, 0.4) is 0 Å². The molecule has 0 N–H and O–H groups in total. The molecule has 231 valence electrons. The van der Waals surface area contributed by atoms with Crippen LogP contribution < -0.4 is 5.19 Å². The van der Waals surface area contributed by atoms with Crippen molar-refractivity contribution < 1.29 is 24.5 Å². The maximum Gasteiger partial charge on any atom is 0.0798 e. The van der Waals surface area contributed by atoms with Gasteiger partial charge in [-0.15, -0.1) is 53.1 Å². The smallest absolute Gasteiger partial charge is 0.0798 e. The van der Waals surface area contributed by atoms with Gasteiger partial charge in [0, 0.05) is 38.3 Å². The van der Waals surface area contributed by atoms with E-state index < -0.39 is 8.07 Å². The standard InChI is InChI=1S/C20H27FNSi.C19H16N.Ir/c1-14-9-8-10-16(19(14)21)17-11-15(12-20(2,3)4)18(13-22-17)23(5,6)7;1-15-10-11-17(19-9-5-6-12-20-19)14-18(15)13-16-7-3-2-4-8-16;/h8-9,11,13H,12H2,1-7H3;2-10,12,14H,13H2,1H3;/q2*-1;. The van der Waals surface area contributed by atoms with Gasteiger partial charge < -0.3 is 9.97 Å². The summed E-state index contributed by atoms with van der Waals surface area (Å²) in [5.41, 5.74) is 9.24. The Bertz CT molecular complexity index is 1660. The predicted octanol–water partition coefficient (Wildman–Crippen LogP) is 9.58. The van der Waals surface area contributed by atoms with E-state index >= 15 is 0 Å². The number of aryl methyl sites for hydroxylation is 2. The minimum Gasteiger partial charge on any atom is -0.305 e. The summed E-state index contributed by atoms with van der Waals surface area (Å²) in [5.74, 6) is -0.220. The van der Waals surface area contributed by atoms with E-state index in [0.717, 1.165) is 24.1 Å². The van der Waals surface area contributed by atoms with Crippen molar-refractivity contribution in [3.05, 3.63) is 137 Å². The van der Waals surface area contributed by atoms with Crippen LogP contribution in [0.1, 0.15) is 48.6 Å². The van der Waals surface area contributed by atoms with E-state index in [0.29, 0.717) is 16.8 Å². The van der Waals surface area contributed by atoms with Crippen LogP contribution in [0.2, 0.25) is 19.6 Å². The van der Waals surface area contributed by atoms with Gasteiger partial charge in [-0.05, 0) is 46.5 Å². The first-order valence-electron chi connectivity index (χ1n) is 14.9. The monoisotopic (exact) mass is 779 g/mol. The Balaban J connectivity index is 0.000000237. The van der Waals surface area contributed by atoms with Crippen molar-refractivity contribution in [2.75, 3.05) is 0 Å². The summed E-state index contributed by atoms with van der Waals surface area (Å²) < 4.78 is 14.4. The molecule has 0 saturated carbocycles. The van der Waals surface area contributed by atoms with Gasteiger partial charge in [0.05, 0.1) is 8.07 Å². The maximum absolute atomic E-state index is 14.4. The van der Waals surface area contributed by atoms with Gasteiger partial charge in [0.25, 0.3) is 0 Å². The first-order chi connectivity index (χ1) is 20.3. The summed E-state index contributed by atoms with van der Waals surface area (Å²) in [5, 5.41) is 1.37. The Morgan fingerprint density at radius 3 is 2.14 bits per heavy atom. The molecule has 0 unspecified atom stereocenters. The molecule has 5 rings (SSSR count). The molecule has 0 aliphatic heterocycles. The summed E-state index contributed by atoms with van der Waals surface area (Å²) in [6, 6.07) is 32.7. The molecule has 0 bridgehead atoms. The van der Waals surface area contributed by atoms with Crippen molar-refractivity contribution in [2.24, 2.45) is 5.41 Å². The van der Waals surface area contributed by atoms with Crippen molar-refractivity contribution in [2.45, 2.75) is 67.1 Å². The molecule has 0 aliphatic rings. The zero-order valence-corrected chi connectivity index (χ0v) is 30.6. The first kappa shape index (κ1) is 35.2. The summed E-state index contributed by atoms with van der Waals surface area (Å²) in [4.78, 5) is 8.97. The first-order valence-corrected chi connectivity index (χ1v) is 18.4. The molecule has 1 radical (unpaired) electrons. The fourth-order valence-electron chi connectivity index (χ4n) is 5.08. The molecule has 5 heteroatoms. The van der Waals surface area contributed by atoms with Gasteiger partial charge in [-0.2, -0.15) is 0 Å². The number of hydrogen-bond acceptors (Lipinski definition) is 2. The van der Waals surface area contributed by atoms with E-state index in [9.17, 15) is 4.39 Å². The Hall–Kier alpha value is -3.24. The zero-order chi connectivity index (χ0) is 31.2. The van der Waals surface area contributed by atoms with Gasteiger partial charge in [-0.25, -0.2) is 0 Å². The summed E-state index contributed by atoms with van der Waals surface area (Å²) >= 11 is 0. The summed E-state index contributed by atoms with van der Waals surface area (Å²) in [6.45, 7) is 17.6. The normalized spacial score (nSPS) is 11.3. The average Bonchev–Trinajstić information content (AvgIpc) is 2.95.